The van der Waals surface area contributed by atoms with E-state index in [2.05, 4.69) is 9.84 Å². The first-order valence-electron chi connectivity index (χ1n) is 7.34. The Kier molecular flexibility index (Phi) is 4.01. The third kappa shape index (κ3) is 2.52. The van der Waals surface area contributed by atoms with Gasteiger partial charge in [-0.15, -0.1) is 0 Å². The summed E-state index contributed by atoms with van der Waals surface area (Å²) in [6.07, 6.45) is 0.562. The van der Waals surface area contributed by atoms with Gasteiger partial charge in [0.05, 0.1) is 12.8 Å². The van der Waals surface area contributed by atoms with E-state index < -0.39 is 11.8 Å². The number of carbonyl (C=O) groups excluding carboxylic acids is 1. The first-order chi connectivity index (χ1) is 11.5. The molecule has 0 amide bonds. The first-order valence-corrected chi connectivity index (χ1v) is 7.34. The van der Waals surface area contributed by atoms with E-state index in [1.54, 1.807) is 6.07 Å². The van der Waals surface area contributed by atoms with Gasteiger partial charge in [-0.1, -0.05) is 24.5 Å². The number of esters is 1. The van der Waals surface area contributed by atoms with Crippen LogP contribution in [0, 0.1) is 5.82 Å². The number of benzene rings is 1. The van der Waals surface area contributed by atoms with Crippen molar-refractivity contribution in [2.24, 2.45) is 0 Å². The second-order valence-corrected chi connectivity index (χ2v) is 5.31. The SMILES string of the molecule is [B]c1ccc(-c2cc3c(O)c(C(=O)OC)cc(CC)n3n2)c(F)c1. The molecule has 2 radical (unpaired) electrons. The van der Waals surface area contributed by atoms with E-state index in [1.807, 2.05) is 6.92 Å². The van der Waals surface area contributed by atoms with Crippen molar-refractivity contribution in [2.75, 3.05) is 7.11 Å². The molecule has 7 heteroatoms. The highest BCUT2D eigenvalue weighted by atomic mass is 19.1. The zero-order valence-corrected chi connectivity index (χ0v) is 13.2. The van der Waals surface area contributed by atoms with Crippen molar-refractivity contribution in [3.8, 4) is 17.0 Å². The van der Waals surface area contributed by atoms with Gasteiger partial charge in [0, 0.05) is 11.3 Å². The zero-order chi connectivity index (χ0) is 17.4. The van der Waals surface area contributed by atoms with E-state index in [0.29, 0.717) is 28.8 Å². The van der Waals surface area contributed by atoms with Crippen LogP contribution in [-0.4, -0.2) is 35.6 Å². The Morgan fingerprint density at radius 1 is 1.38 bits per heavy atom. The quantitative estimate of drug-likeness (QED) is 0.591. The number of carbonyl (C=O) groups is 1. The van der Waals surface area contributed by atoms with Crippen LogP contribution >= 0.6 is 0 Å². The Morgan fingerprint density at radius 3 is 2.75 bits per heavy atom. The Hall–Kier alpha value is -2.83. The molecule has 3 rings (SSSR count). The summed E-state index contributed by atoms with van der Waals surface area (Å²) in [4.78, 5) is 11.8. The largest absolute Gasteiger partial charge is 0.505 e. The number of halogens is 1. The number of pyridine rings is 1. The molecule has 24 heavy (non-hydrogen) atoms. The summed E-state index contributed by atoms with van der Waals surface area (Å²) in [5.41, 5.74) is 1.94. The molecule has 0 aliphatic carbocycles. The van der Waals surface area contributed by atoms with Crippen LogP contribution in [0.5, 0.6) is 5.75 Å². The molecule has 0 aliphatic rings. The summed E-state index contributed by atoms with van der Waals surface area (Å²) in [6.45, 7) is 1.89. The molecule has 5 nitrogen and oxygen atoms in total. The van der Waals surface area contributed by atoms with Crippen LogP contribution in [0.15, 0.2) is 30.3 Å². The molecule has 2 heterocycles. The molecule has 0 spiro atoms. The van der Waals surface area contributed by atoms with Gasteiger partial charge < -0.3 is 9.84 Å². The van der Waals surface area contributed by atoms with Crippen molar-refractivity contribution < 1.29 is 19.0 Å². The van der Waals surface area contributed by atoms with Crippen LogP contribution < -0.4 is 5.46 Å². The van der Waals surface area contributed by atoms with Crippen LogP contribution in [0.1, 0.15) is 23.0 Å². The highest BCUT2D eigenvalue weighted by Crippen LogP contribution is 2.31. The number of hydrogen-bond acceptors (Lipinski definition) is 4. The molecular weight excluding hydrogens is 310 g/mol. The van der Waals surface area contributed by atoms with Gasteiger partial charge >= 0.3 is 5.97 Å². The predicted molar refractivity (Wildman–Crippen MR) is 88.4 cm³/mol. The van der Waals surface area contributed by atoms with Gasteiger partial charge in [0.25, 0.3) is 0 Å². The monoisotopic (exact) mass is 324 g/mol. The van der Waals surface area contributed by atoms with Gasteiger partial charge in [0.2, 0.25) is 0 Å². The van der Waals surface area contributed by atoms with Crippen LogP contribution in [0.25, 0.3) is 16.8 Å². The van der Waals surface area contributed by atoms with Crippen molar-refractivity contribution >= 4 is 24.8 Å². The van der Waals surface area contributed by atoms with E-state index in [9.17, 15) is 14.3 Å². The van der Waals surface area contributed by atoms with Gasteiger partial charge in [0.15, 0.2) is 5.75 Å². The van der Waals surface area contributed by atoms with E-state index in [1.165, 1.54) is 35.9 Å². The van der Waals surface area contributed by atoms with Crippen molar-refractivity contribution in [1.29, 1.82) is 0 Å². The number of rotatable bonds is 3. The first kappa shape index (κ1) is 16.0. The molecule has 0 unspecified atom stereocenters. The second-order valence-electron chi connectivity index (χ2n) is 5.31. The van der Waals surface area contributed by atoms with Crippen molar-refractivity contribution in [3.05, 3.63) is 47.4 Å². The van der Waals surface area contributed by atoms with E-state index >= 15 is 0 Å². The standard InChI is InChI=1S/C17H14BFN2O3/c1-3-10-7-12(17(23)24-2)16(22)15-8-14(20-21(10)15)11-5-4-9(18)6-13(11)19/h4-8,22H,3H2,1-2H3. The lowest BCUT2D eigenvalue weighted by molar-refractivity contribution is 0.0597. The Labute approximate surface area is 139 Å². The maximum absolute atomic E-state index is 14.1. The average Bonchev–Trinajstić information content (AvgIpc) is 3.00. The minimum absolute atomic E-state index is 0.0473. The number of ether oxygens (including phenoxy) is 1. The number of nitrogens with zero attached hydrogens (tertiary/aromatic N) is 2. The summed E-state index contributed by atoms with van der Waals surface area (Å²) < 4.78 is 20.3. The predicted octanol–water partition coefficient (Wildman–Crippen LogP) is 1.99. The lowest BCUT2D eigenvalue weighted by Crippen LogP contribution is -2.06. The van der Waals surface area contributed by atoms with Crippen molar-refractivity contribution in [1.82, 2.24) is 9.61 Å². The van der Waals surface area contributed by atoms with Crippen molar-refractivity contribution in [3.63, 3.8) is 0 Å². The third-order valence-electron chi connectivity index (χ3n) is 3.83. The number of methoxy groups -OCH3 is 1. The normalized spacial score (nSPS) is 11.0. The van der Waals surface area contributed by atoms with E-state index in [-0.39, 0.29) is 16.9 Å². The summed E-state index contributed by atoms with van der Waals surface area (Å²) in [5.74, 6) is -1.41. The number of fused-ring (bicyclic) bond motifs is 1. The molecule has 0 saturated carbocycles. The Bertz CT molecular complexity index is 953. The molecule has 1 N–H and O–H groups in total. The number of hydrogen-bond donors (Lipinski definition) is 1. The lowest BCUT2D eigenvalue weighted by atomic mass is 9.94. The fraction of sp³-hybridized carbons (Fsp3) is 0.176. The van der Waals surface area contributed by atoms with E-state index in [0.717, 1.165) is 0 Å². The number of aromatic hydroxyl groups is 1. The van der Waals surface area contributed by atoms with Crippen LogP contribution in [-0.2, 0) is 11.2 Å². The minimum atomic E-state index is -0.647. The van der Waals surface area contributed by atoms with E-state index in [4.69, 9.17) is 7.85 Å². The molecular formula is C17H14BFN2O3. The molecule has 0 saturated heterocycles. The molecule has 2 aromatic heterocycles. The fourth-order valence-corrected chi connectivity index (χ4v) is 2.59. The summed E-state index contributed by atoms with van der Waals surface area (Å²) in [5, 5.41) is 14.7. The fourth-order valence-electron chi connectivity index (χ4n) is 2.59. The topological polar surface area (TPSA) is 63.8 Å². The Balaban J connectivity index is 2.27. The zero-order valence-electron chi connectivity index (χ0n) is 13.2. The van der Waals surface area contributed by atoms with Crippen LogP contribution in [0.3, 0.4) is 0 Å². The number of aryl methyl sites for hydroxylation is 1. The average molecular weight is 324 g/mol. The molecule has 0 aliphatic heterocycles. The summed E-state index contributed by atoms with van der Waals surface area (Å²) >= 11 is 0. The maximum Gasteiger partial charge on any atom is 0.341 e. The Morgan fingerprint density at radius 2 is 2.12 bits per heavy atom. The third-order valence-corrected chi connectivity index (χ3v) is 3.83. The van der Waals surface area contributed by atoms with Crippen molar-refractivity contribution in [2.45, 2.75) is 13.3 Å². The minimum Gasteiger partial charge on any atom is -0.505 e. The second kappa shape index (κ2) is 6.00. The molecule has 0 bridgehead atoms. The number of aromatic nitrogens is 2. The molecule has 1 aromatic carbocycles. The highest BCUT2D eigenvalue weighted by Gasteiger charge is 2.20. The van der Waals surface area contributed by atoms with Gasteiger partial charge in [-0.25, -0.2) is 13.7 Å². The smallest absolute Gasteiger partial charge is 0.341 e. The van der Waals surface area contributed by atoms with Crippen LogP contribution in [0.4, 0.5) is 4.39 Å². The molecule has 120 valence electrons. The van der Waals surface area contributed by atoms with Crippen LogP contribution in [0.2, 0.25) is 0 Å². The summed E-state index contributed by atoms with van der Waals surface area (Å²) in [6, 6.07) is 7.35. The summed E-state index contributed by atoms with van der Waals surface area (Å²) in [7, 11) is 6.80. The maximum atomic E-state index is 14.1. The van der Waals surface area contributed by atoms with Gasteiger partial charge in [-0.2, -0.15) is 5.10 Å². The molecule has 3 aromatic rings. The molecule has 0 atom stereocenters. The lowest BCUT2D eigenvalue weighted by Gasteiger charge is -2.08. The van der Waals surface area contributed by atoms with Gasteiger partial charge in [0.1, 0.15) is 24.7 Å². The highest BCUT2D eigenvalue weighted by molar-refractivity contribution is 6.32. The van der Waals surface area contributed by atoms with Gasteiger partial charge in [-0.05, 0) is 24.6 Å². The molecule has 0 fully saturated rings. The van der Waals surface area contributed by atoms with Gasteiger partial charge in [-0.3, -0.25) is 0 Å².